The van der Waals surface area contributed by atoms with E-state index in [0.717, 1.165) is 12.2 Å². The summed E-state index contributed by atoms with van der Waals surface area (Å²) < 4.78 is 3.97. The van der Waals surface area contributed by atoms with Gasteiger partial charge in [-0.25, -0.2) is 14.4 Å². The first-order chi connectivity index (χ1) is 7.59. The van der Waals surface area contributed by atoms with Gasteiger partial charge in [-0.3, -0.25) is 0 Å². The molecule has 1 aliphatic rings. The van der Waals surface area contributed by atoms with Gasteiger partial charge in [0.1, 0.15) is 0 Å². The first kappa shape index (κ1) is 11.6. The van der Waals surface area contributed by atoms with Crippen LogP contribution in [-0.4, -0.2) is 23.0 Å². The molecule has 0 fully saturated rings. The minimum absolute atomic E-state index is 0.331. The first-order valence-electron chi connectivity index (χ1n) is 4.32. The summed E-state index contributed by atoms with van der Waals surface area (Å²) in [4.78, 5) is 30.0. The zero-order chi connectivity index (χ0) is 12.0. The Morgan fingerprint density at radius 3 is 1.75 bits per heavy atom. The van der Waals surface area contributed by atoms with E-state index in [1.807, 2.05) is 0 Å². The van der Waals surface area contributed by atoms with Gasteiger partial charge >= 0.3 is 17.9 Å². The Labute approximate surface area is 91.0 Å². The number of ether oxygens (including phenoxy) is 1. The number of cyclic esters (lactones) is 2. The number of carbonyl (C=O) groups excluding carboxylic acids is 2. The van der Waals surface area contributed by atoms with Crippen molar-refractivity contribution in [3.05, 3.63) is 48.0 Å². The van der Waals surface area contributed by atoms with Gasteiger partial charge in [0.25, 0.3) is 0 Å². The molecule has 1 aliphatic heterocycles. The Morgan fingerprint density at radius 1 is 1.00 bits per heavy atom. The fourth-order valence-electron chi connectivity index (χ4n) is 0.884. The maximum absolute atomic E-state index is 10.2. The number of hydrogen-bond acceptors (Lipinski definition) is 4. The second-order valence-electron chi connectivity index (χ2n) is 2.74. The molecule has 16 heavy (non-hydrogen) atoms. The predicted octanol–water partition coefficient (Wildman–Crippen LogP) is 1.01. The van der Waals surface area contributed by atoms with E-state index in [4.69, 9.17) is 5.11 Å². The van der Waals surface area contributed by atoms with Crippen LogP contribution in [-0.2, 0) is 14.3 Å². The third-order valence-corrected chi connectivity index (χ3v) is 1.58. The number of aromatic carboxylic acids is 1. The van der Waals surface area contributed by atoms with E-state index in [1.165, 1.54) is 0 Å². The van der Waals surface area contributed by atoms with Crippen LogP contribution in [0.1, 0.15) is 10.4 Å². The smallest absolute Gasteiger partial charge is 0.338 e. The summed E-state index contributed by atoms with van der Waals surface area (Å²) in [5.41, 5.74) is 0.331. The molecule has 1 aromatic rings. The van der Waals surface area contributed by atoms with Gasteiger partial charge in [-0.05, 0) is 12.1 Å². The lowest BCUT2D eigenvalue weighted by Gasteiger charge is -1.88. The van der Waals surface area contributed by atoms with Crippen LogP contribution in [0.4, 0.5) is 0 Å². The summed E-state index contributed by atoms with van der Waals surface area (Å²) in [5.74, 6) is -2.04. The van der Waals surface area contributed by atoms with E-state index in [2.05, 4.69) is 4.74 Å². The second-order valence-corrected chi connectivity index (χ2v) is 2.74. The molecule has 5 nitrogen and oxygen atoms in total. The van der Waals surface area contributed by atoms with E-state index in [0.29, 0.717) is 5.56 Å². The fraction of sp³-hybridized carbons (Fsp3) is 0. The summed E-state index contributed by atoms with van der Waals surface area (Å²) in [6, 6.07) is 8.30. The molecule has 1 aromatic carbocycles. The van der Waals surface area contributed by atoms with E-state index in [1.54, 1.807) is 30.3 Å². The summed E-state index contributed by atoms with van der Waals surface area (Å²) in [7, 11) is 0. The van der Waals surface area contributed by atoms with Crippen LogP contribution >= 0.6 is 0 Å². The van der Waals surface area contributed by atoms with Crippen molar-refractivity contribution in [3.8, 4) is 0 Å². The van der Waals surface area contributed by atoms with Crippen molar-refractivity contribution in [1.29, 1.82) is 0 Å². The molecule has 0 saturated heterocycles. The lowest BCUT2D eigenvalue weighted by Crippen LogP contribution is -1.96. The van der Waals surface area contributed by atoms with Crippen molar-refractivity contribution < 1.29 is 24.2 Å². The Morgan fingerprint density at radius 2 is 1.50 bits per heavy atom. The quantitative estimate of drug-likeness (QED) is 0.564. The first-order valence-corrected chi connectivity index (χ1v) is 4.32. The van der Waals surface area contributed by atoms with Crippen LogP contribution < -0.4 is 0 Å². The number of rotatable bonds is 1. The van der Waals surface area contributed by atoms with Crippen LogP contribution in [0.25, 0.3) is 0 Å². The SMILES string of the molecule is O=C(O)c1ccccc1.O=C1C=CC(=O)O1. The van der Waals surface area contributed by atoms with Crippen molar-refractivity contribution in [1.82, 2.24) is 0 Å². The number of carboxylic acids is 1. The average Bonchev–Trinajstić information content (AvgIpc) is 2.65. The zero-order valence-corrected chi connectivity index (χ0v) is 8.12. The maximum Gasteiger partial charge on any atom is 0.338 e. The fourth-order valence-corrected chi connectivity index (χ4v) is 0.884. The van der Waals surface area contributed by atoms with Gasteiger partial charge < -0.3 is 9.84 Å². The highest BCUT2D eigenvalue weighted by Crippen LogP contribution is 1.96. The van der Waals surface area contributed by atoms with E-state index in [9.17, 15) is 14.4 Å². The van der Waals surface area contributed by atoms with Gasteiger partial charge in [0.15, 0.2) is 0 Å². The van der Waals surface area contributed by atoms with Crippen molar-refractivity contribution in [2.75, 3.05) is 0 Å². The molecule has 0 saturated carbocycles. The number of hydrogen-bond donors (Lipinski definition) is 1. The topological polar surface area (TPSA) is 80.7 Å². The lowest BCUT2D eigenvalue weighted by atomic mass is 10.2. The highest BCUT2D eigenvalue weighted by atomic mass is 16.6. The summed E-state index contributed by atoms with van der Waals surface area (Å²) in [6.07, 6.45) is 2.17. The van der Waals surface area contributed by atoms with Crippen LogP contribution in [0, 0.1) is 0 Å². The van der Waals surface area contributed by atoms with Crippen molar-refractivity contribution in [2.24, 2.45) is 0 Å². The molecule has 1 N–H and O–H groups in total. The number of benzene rings is 1. The van der Waals surface area contributed by atoms with E-state index in [-0.39, 0.29) is 0 Å². The monoisotopic (exact) mass is 220 g/mol. The Hall–Kier alpha value is -2.43. The molecule has 82 valence electrons. The molecule has 0 aromatic heterocycles. The molecule has 0 spiro atoms. The summed E-state index contributed by atoms with van der Waals surface area (Å²) >= 11 is 0. The second kappa shape index (κ2) is 5.45. The van der Waals surface area contributed by atoms with Gasteiger partial charge in [-0.2, -0.15) is 0 Å². The van der Waals surface area contributed by atoms with Gasteiger partial charge in [-0.1, -0.05) is 18.2 Å². The third kappa shape index (κ3) is 3.75. The zero-order valence-electron chi connectivity index (χ0n) is 8.12. The molecule has 0 radical (unpaired) electrons. The van der Waals surface area contributed by atoms with Gasteiger partial charge in [-0.15, -0.1) is 0 Å². The normalized spacial score (nSPS) is 12.8. The van der Waals surface area contributed by atoms with Crippen LogP contribution in [0.15, 0.2) is 42.5 Å². The van der Waals surface area contributed by atoms with Crippen LogP contribution in [0.2, 0.25) is 0 Å². The number of carbonyl (C=O) groups is 3. The molecule has 0 unspecified atom stereocenters. The van der Waals surface area contributed by atoms with Crippen LogP contribution in [0.3, 0.4) is 0 Å². The summed E-state index contributed by atoms with van der Waals surface area (Å²) in [6.45, 7) is 0. The van der Waals surface area contributed by atoms with Gasteiger partial charge in [0.2, 0.25) is 0 Å². The highest BCUT2D eigenvalue weighted by molar-refractivity contribution is 6.04. The van der Waals surface area contributed by atoms with Crippen LogP contribution in [0.5, 0.6) is 0 Å². The van der Waals surface area contributed by atoms with Crippen molar-refractivity contribution in [2.45, 2.75) is 0 Å². The molecule has 0 atom stereocenters. The molecule has 5 heteroatoms. The van der Waals surface area contributed by atoms with E-state index < -0.39 is 17.9 Å². The van der Waals surface area contributed by atoms with Gasteiger partial charge in [0.05, 0.1) is 5.56 Å². The van der Waals surface area contributed by atoms with Crippen molar-refractivity contribution >= 4 is 17.9 Å². The Balaban J connectivity index is 0.000000165. The molecule has 0 aliphatic carbocycles. The largest absolute Gasteiger partial charge is 0.478 e. The molecular formula is C11H8O5. The molecule has 1 heterocycles. The Kier molecular flexibility index (Phi) is 3.97. The van der Waals surface area contributed by atoms with E-state index >= 15 is 0 Å². The summed E-state index contributed by atoms with van der Waals surface area (Å²) in [5, 5.41) is 8.38. The van der Waals surface area contributed by atoms with Gasteiger partial charge in [0, 0.05) is 12.2 Å². The highest BCUT2D eigenvalue weighted by Gasteiger charge is 2.10. The lowest BCUT2D eigenvalue weighted by molar-refractivity contribution is -0.150. The van der Waals surface area contributed by atoms with Crippen molar-refractivity contribution in [3.63, 3.8) is 0 Å². The minimum Gasteiger partial charge on any atom is -0.478 e. The molecule has 2 rings (SSSR count). The maximum atomic E-state index is 10.2. The molecule has 0 bridgehead atoms. The average molecular weight is 220 g/mol. The Bertz CT molecular complexity index is 417. The minimum atomic E-state index is -0.879. The predicted molar refractivity (Wildman–Crippen MR) is 53.6 cm³/mol. The third-order valence-electron chi connectivity index (χ3n) is 1.58. The number of carboxylic acid groups (broad SMARTS) is 1. The standard InChI is InChI=1S/C7H6O2.C4H2O3/c8-7(9)6-4-2-1-3-5-6;5-3-1-2-4(6)7-3/h1-5H,(H,8,9);1-2H. The number of esters is 2. The molecule has 0 amide bonds. The molecular weight excluding hydrogens is 212 g/mol.